The second kappa shape index (κ2) is 7.29. The van der Waals surface area contributed by atoms with Crippen LogP contribution < -0.4 is 5.32 Å². The summed E-state index contributed by atoms with van der Waals surface area (Å²) in [5.41, 5.74) is 1.18. The minimum Gasteiger partial charge on any atom is -0.349 e. The molecule has 3 rings (SSSR count). The molecule has 1 aromatic rings. The van der Waals surface area contributed by atoms with E-state index in [2.05, 4.69) is 24.4 Å². The van der Waals surface area contributed by atoms with Crippen molar-refractivity contribution >= 4 is 11.7 Å². The first-order valence-electron chi connectivity index (χ1n) is 9.08. The van der Waals surface area contributed by atoms with Gasteiger partial charge in [0, 0.05) is 17.8 Å². The summed E-state index contributed by atoms with van der Waals surface area (Å²) in [6.45, 7) is 2.14. The lowest BCUT2D eigenvalue weighted by Gasteiger charge is -2.37. The number of hydrogen-bond acceptors (Lipinski definition) is 2. The molecule has 0 aromatic heterocycles. The molecule has 3 nitrogen and oxygen atoms in total. The van der Waals surface area contributed by atoms with Gasteiger partial charge in [-0.3, -0.25) is 9.59 Å². The van der Waals surface area contributed by atoms with Crippen molar-refractivity contribution < 1.29 is 9.59 Å². The van der Waals surface area contributed by atoms with Crippen LogP contribution in [0.15, 0.2) is 30.3 Å². The number of ketones is 1. The Morgan fingerprint density at radius 3 is 2.43 bits per heavy atom. The molecule has 3 atom stereocenters. The summed E-state index contributed by atoms with van der Waals surface area (Å²) in [5.74, 6) is 0.871. The minimum atomic E-state index is 0.0195. The summed E-state index contributed by atoms with van der Waals surface area (Å²) in [5, 5.41) is 3.26. The maximum atomic E-state index is 12.8. The molecule has 2 aliphatic rings. The summed E-state index contributed by atoms with van der Waals surface area (Å²) < 4.78 is 0. The molecule has 0 radical (unpaired) electrons. The van der Waals surface area contributed by atoms with E-state index >= 15 is 0 Å². The molecule has 0 saturated heterocycles. The van der Waals surface area contributed by atoms with Crippen LogP contribution >= 0.6 is 0 Å². The molecule has 3 heteroatoms. The lowest BCUT2D eigenvalue weighted by atomic mass is 9.67. The van der Waals surface area contributed by atoms with Gasteiger partial charge in [0.25, 0.3) is 0 Å². The van der Waals surface area contributed by atoms with Gasteiger partial charge in [-0.05, 0) is 37.7 Å². The predicted octanol–water partition coefficient (Wildman–Crippen LogP) is 4.04. The summed E-state index contributed by atoms with van der Waals surface area (Å²) in [7, 11) is 0. The monoisotopic (exact) mass is 313 g/mol. The Labute approximate surface area is 138 Å². The smallest absolute Gasteiger partial charge is 0.223 e. The fourth-order valence-electron chi connectivity index (χ4n) is 4.28. The first-order valence-corrected chi connectivity index (χ1v) is 9.08. The minimum absolute atomic E-state index is 0.0195. The van der Waals surface area contributed by atoms with E-state index in [1.54, 1.807) is 0 Å². The van der Waals surface area contributed by atoms with Gasteiger partial charge < -0.3 is 5.32 Å². The molecular weight excluding hydrogens is 286 g/mol. The maximum absolute atomic E-state index is 12.8. The van der Waals surface area contributed by atoms with Crippen molar-refractivity contribution in [3.63, 3.8) is 0 Å². The molecule has 2 saturated carbocycles. The van der Waals surface area contributed by atoms with E-state index < -0.39 is 0 Å². The van der Waals surface area contributed by atoms with Crippen molar-refractivity contribution in [3.8, 4) is 0 Å². The van der Waals surface area contributed by atoms with Crippen LogP contribution in [0.4, 0.5) is 0 Å². The molecule has 0 spiro atoms. The topological polar surface area (TPSA) is 46.2 Å². The van der Waals surface area contributed by atoms with E-state index in [9.17, 15) is 9.59 Å². The number of Topliss-reactive ketones (excluding diaryl/α,β-unsaturated/α-hetero) is 1. The molecule has 23 heavy (non-hydrogen) atoms. The van der Waals surface area contributed by atoms with Crippen molar-refractivity contribution in [3.05, 3.63) is 35.9 Å². The van der Waals surface area contributed by atoms with E-state index in [1.165, 1.54) is 5.56 Å². The molecule has 2 aliphatic carbocycles. The fourth-order valence-corrected chi connectivity index (χ4v) is 4.28. The van der Waals surface area contributed by atoms with Gasteiger partial charge in [0.1, 0.15) is 5.78 Å². The van der Waals surface area contributed by atoms with Gasteiger partial charge in [0.2, 0.25) is 5.91 Å². The Balaban J connectivity index is 1.66. The highest BCUT2D eigenvalue weighted by Crippen LogP contribution is 2.40. The normalized spacial score (nSPS) is 28.2. The number of fused-ring (bicyclic) bond motifs is 2. The molecule has 3 unspecified atom stereocenters. The van der Waals surface area contributed by atoms with Gasteiger partial charge in [0.05, 0.1) is 6.04 Å². The average molecular weight is 313 g/mol. The molecule has 1 amide bonds. The second-order valence-corrected chi connectivity index (χ2v) is 7.16. The summed E-state index contributed by atoms with van der Waals surface area (Å²) in [4.78, 5) is 25.0. The Hall–Kier alpha value is -1.64. The lowest BCUT2D eigenvalue weighted by Crippen LogP contribution is -2.43. The van der Waals surface area contributed by atoms with Crippen LogP contribution in [0, 0.1) is 17.8 Å². The van der Waals surface area contributed by atoms with Crippen molar-refractivity contribution in [2.75, 3.05) is 0 Å². The van der Waals surface area contributed by atoms with E-state index in [4.69, 9.17) is 0 Å². The Morgan fingerprint density at radius 1 is 1.17 bits per heavy atom. The summed E-state index contributed by atoms with van der Waals surface area (Å²) in [6, 6.07) is 10.3. The van der Waals surface area contributed by atoms with Crippen molar-refractivity contribution in [2.24, 2.45) is 17.8 Å². The SMILES string of the molecule is CCCC(NC(=O)C1CC2CCCC(C1)C2=O)c1ccccc1. The van der Waals surface area contributed by atoms with Gasteiger partial charge in [0.15, 0.2) is 0 Å². The van der Waals surface area contributed by atoms with Crippen LogP contribution in [0.3, 0.4) is 0 Å². The van der Waals surface area contributed by atoms with Crippen LogP contribution in [0.5, 0.6) is 0 Å². The quantitative estimate of drug-likeness (QED) is 0.891. The van der Waals surface area contributed by atoms with Crippen LogP contribution in [-0.2, 0) is 9.59 Å². The Bertz CT molecular complexity index is 538. The zero-order valence-electron chi connectivity index (χ0n) is 14.0. The molecule has 1 N–H and O–H groups in total. The lowest BCUT2D eigenvalue weighted by molar-refractivity contribution is -0.138. The van der Waals surface area contributed by atoms with Crippen LogP contribution in [0.1, 0.15) is 63.5 Å². The standard InChI is InChI=1S/C20H27NO2/c1-2-7-18(14-8-4-3-5-9-14)21-20(23)17-12-15-10-6-11-16(13-17)19(15)22/h3-5,8-9,15-18H,2,6-7,10-13H2,1H3,(H,21,23). The highest BCUT2D eigenvalue weighted by molar-refractivity contribution is 5.88. The van der Waals surface area contributed by atoms with Gasteiger partial charge >= 0.3 is 0 Å². The number of benzene rings is 1. The molecule has 2 bridgehead atoms. The highest BCUT2D eigenvalue weighted by atomic mass is 16.2. The number of hydrogen-bond donors (Lipinski definition) is 1. The maximum Gasteiger partial charge on any atom is 0.223 e. The second-order valence-electron chi connectivity index (χ2n) is 7.16. The molecule has 2 fully saturated rings. The van der Waals surface area contributed by atoms with E-state index in [0.29, 0.717) is 5.78 Å². The third-order valence-electron chi connectivity index (χ3n) is 5.51. The first-order chi connectivity index (χ1) is 11.2. The Kier molecular flexibility index (Phi) is 5.14. The predicted molar refractivity (Wildman–Crippen MR) is 90.8 cm³/mol. The third kappa shape index (κ3) is 3.65. The van der Waals surface area contributed by atoms with E-state index in [0.717, 1.165) is 44.9 Å². The molecular formula is C20H27NO2. The third-order valence-corrected chi connectivity index (χ3v) is 5.51. The number of nitrogens with one attached hydrogen (secondary N) is 1. The zero-order chi connectivity index (χ0) is 16.2. The fraction of sp³-hybridized carbons (Fsp3) is 0.600. The van der Waals surface area contributed by atoms with Crippen molar-refractivity contribution in [1.29, 1.82) is 0 Å². The molecule has 0 aliphatic heterocycles. The highest BCUT2D eigenvalue weighted by Gasteiger charge is 2.41. The molecule has 124 valence electrons. The molecule has 0 heterocycles. The van der Waals surface area contributed by atoms with Crippen LogP contribution in [0.2, 0.25) is 0 Å². The van der Waals surface area contributed by atoms with Crippen molar-refractivity contribution in [1.82, 2.24) is 5.32 Å². The number of rotatable bonds is 5. The van der Waals surface area contributed by atoms with E-state index in [1.807, 2.05) is 18.2 Å². The number of carbonyl (C=O) groups is 2. The number of amides is 1. The Morgan fingerprint density at radius 2 is 1.83 bits per heavy atom. The van der Waals surface area contributed by atoms with Crippen LogP contribution in [0.25, 0.3) is 0 Å². The zero-order valence-corrected chi connectivity index (χ0v) is 14.0. The van der Waals surface area contributed by atoms with Gasteiger partial charge in [-0.1, -0.05) is 50.1 Å². The van der Waals surface area contributed by atoms with Crippen molar-refractivity contribution in [2.45, 2.75) is 57.9 Å². The molecule has 1 aromatic carbocycles. The average Bonchev–Trinajstić information content (AvgIpc) is 2.55. The number of carbonyl (C=O) groups excluding carboxylic acids is 2. The van der Waals surface area contributed by atoms with Crippen LogP contribution in [-0.4, -0.2) is 11.7 Å². The summed E-state index contributed by atoms with van der Waals surface area (Å²) in [6.07, 6.45) is 6.62. The largest absolute Gasteiger partial charge is 0.349 e. The van der Waals surface area contributed by atoms with E-state index in [-0.39, 0.29) is 29.7 Å². The summed E-state index contributed by atoms with van der Waals surface area (Å²) >= 11 is 0. The van der Waals surface area contributed by atoms with Gasteiger partial charge in [-0.25, -0.2) is 0 Å². The van der Waals surface area contributed by atoms with Gasteiger partial charge in [-0.15, -0.1) is 0 Å². The van der Waals surface area contributed by atoms with Gasteiger partial charge in [-0.2, -0.15) is 0 Å². The first kappa shape index (κ1) is 16.2.